The van der Waals surface area contributed by atoms with Crippen molar-refractivity contribution in [2.45, 2.75) is 51.0 Å². The first-order valence-corrected chi connectivity index (χ1v) is 11.0. The minimum atomic E-state index is -0.972. The van der Waals surface area contributed by atoms with Crippen molar-refractivity contribution >= 4 is 34.8 Å². The Morgan fingerprint density at radius 2 is 1.86 bits per heavy atom. The van der Waals surface area contributed by atoms with Gasteiger partial charge < -0.3 is 10.1 Å². The SMILES string of the molecule is C[C@@H](OC(=O)c1ccc(C2CCCCC2)cc1)C(=O)NCCN1C(=O)CSC1=O. The number of carbonyl (C=O) groups is 4. The van der Waals surface area contributed by atoms with Crippen molar-refractivity contribution in [2.75, 3.05) is 18.8 Å². The number of imide groups is 1. The third-order valence-electron chi connectivity index (χ3n) is 5.35. The van der Waals surface area contributed by atoms with Gasteiger partial charge in [0.1, 0.15) is 0 Å². The van der Waals surface area contributed by atoms with E-state index in [0.29, 0.717) is 11.5 Å². The van der Waals surface area contributed by atoms with Gasteiger partial charge in [0.05, 0.1) is 11.3 Å². The van der Waals surface area contributed by atoms with E-state index < -0.39 is 18.0 Å². The van der Waals surface area contributed by atoms with Crippen LogP contribution in [0.4, 0.5) is 4.79 Å². The Morgan fingerprint density at radius 3 is 2.48 bits per heavy atom. The molecular formula is C21H26N2O5S. The molecule has 0 spiro atoms. The van der Waals surface area contributed by atoms with Crippen molar-refractivity contribution < 1.29 is 23.9 Å². The molecule has 0 unspecified atom stereocenters. The van der Waals surface area contributed by atoms with Gasteiger partial charge in [0.25, 0.3) is 11.1 Å². The van der Waals surface area contributed by atoms with Crippen molar-refractivity contribution in [3.63, 3.8) is 0 Å². The van der Waals surface area contributed by atoms with Crippen LogP contribution in [0.15, 0.2) is 24.3 Å². The molecule has 8 heteroatoms. The van der Waals surface area contributed by atoms with E-state index in [1.807, 2.05) is 12.1 Å². The Balaban J connectivity index is 1.44. The van der Waals surface area contributed by atoms with Gasteiger partial charge in [-0.2, -0.15) is 0 Å². The zero-order chi connectivity index (χ0) is 20.8. The average Bonchev–Trinajstić information content (AvgIpc) is 3.06. The molecule has 0 bridgehead atoms. The average molecular weight is 419 g/mol. The minimum Gasteiger partial charge on any atom is -0.449 e. The molecule has 7 nitrogen and oxygen atoms in total. The van der Waals surface area contributed by atoms with Crippen LogP contribution in [0.2, 0.25) is 0 Å². The van der Waals surface area contributed by atoms with Crippen LogP contribution in [-0.2, 0) is 14.3 Å². The zero-order valence-corrected chi connectivity index (χ0v) is 17.3. The molecule has 1 aliphatic heterocycles. The Morgan fingerprint density at radius 1 is 1.17 bits per heavy atom. The number of amides is 3. The highest BCUT2D eigenvalue weighted by Crippen LogP contribution is 2.32. The first kappa shape index (κ1) is 21.4. The van der Waals surface area contributed by atoms with Crippen LogP contribution in [0, 0.1) is 0 Å². The predicted molar refractivity (Wildman–Crippen MR) is 110 cm³/mol. The topological polar surface area (TPSA) is 92.8 Å². The van der Waals surface area contributed by atoms with Crippen LogP contribution in [0.5, 0.6) is 0 Å². The fourth-order valence-corrected chi connectivity index (χ4v) is 4.39. The molecule has 1 saturated heterocycles. The van der Waals surface area contributed by atoms with Crippen LogP contribution in [-0.4, -0.2) is 52.9 Å². The van der Waals surface area contributed by atoms with E-state index >= 15 is 0 Å². The lowest BCUT2D eigenvalue weighted by molar-refractivity contribution is -0.130. The summed E-state index contributed by atoms with van der Waals surface area (Å²) in [7, 11) is 0. The van der Waals surface area contributed by atoms with Crippen molar-refractivity contribution in [1.29, 1.82) is 0 Å². The van der Waals surface area contributed by atoms with Crippen LogP contribution in [0.25, 0.3) is 0 Å². The molecule has 2 fully saturated rings. The number of rotatable bonds is 7. The van der Waals surface area contributed by atoms with Gasteiger partial charge >= 0.3 is 5.97 Å². The lowest BCUT2D eigenvalue weighted by Crippen LogP contribution is -2.41. The smallest absolute Gasteiger partial charge is 0.338 e. The number of benzene rings is 1. The highest BCUT2D eigenvalue weighted by molar-refractivity contribution is 8.14. The molecule has 3 amide bonds. The number of nitrogens with one attached hydrogen (secondary N) is 1. The van der Waals surface area contributed by atoms with Gasteiger partial charge in [0.15, 0.2) is 6.10 Å². The summed E-state index contributed by atoms with van der Waals surface area (Å²) in [6.07, 6.45) is 5.20. The van der Waals surface area contributed by atoms with Crippen LogP contribution >= 0.6 is 11.8 Å². The van der Waals surface area contributed by atoms with E-state index in [-0.39, 0.29) is 30.0 Å². The first-order chi connectivity index (χ1) is 14.0. The second-order valence-corrected chi connectivity index (χ2v) is 8.32. The van der Waals surface area contributed by atoms with Crippen LogP contribution in [0.1, 0.15) is 60.9 Å². The van der Waals surface area contributed by atoms with Crippen molar-refractivity contribution in [2.24, 2.45) is 0 Å². The molecule has 1 aliphatic carbocycles. The monoisotopic (exact) mass is 418 g/mol. The molecule has 3 rings (SSSR count). The third kappa shape index (κ3) is 5.59. The number of thioether (sulfide) groups is 1. The van der Waals surface area contributed by atoms with Gasteiger partial charge in [-0.15, -0.1) is 0 Å². The second kappa shape index (κ2) is 9.91. The van der Waals surface area contributed by atoms with Gasteiger partial charge in [-0.1, -0.05) is 43.2 Å². The van der Waals surface area contributed by atoms with E-state index in [4.69, 9.17) is 4.74 Å². The normalized spacial score (nSPS) is 18.6. The summed E-state index contributed by atoms with van der Waals surface area (Å²) in [5.74, 6) is -0.579. The molecule has 156 valence electrons. The van der Waals surface area contributed by atoms with Crippen LogP contribution in [0.3, 0.4) is 0 Å². The maximum absolute atomic E-state index is 12.3. The predicted octanol–water partition coefficient (Wildman–Crippen LogP) is 3.09. The van der Waals surface area contributed by atoms with Gasteiger partial charge in [-0.25, -0.2) is 4.79 Å². The number of esters is 1. The minimum absolute atomic E-state index is 0.111. The maximum Gasteiger partial charge on any atom is 0.338 e. The lowest BCUT2D eigenvalue weighted by atomic mass is 9.84. The Hall–Kier alpha value is -2.35. The van der Waals surface area contributed by atoms with Gasteiger partial charge in [0, 0.05) is 13.1 Å². The number of nitrogens with zero attached hydrogens (tertiary/aromatic N) is 1. The van der Waals surface area contributed by atoms with E-state index in [9.17, 15) is 19.2 Å². The van der Waals surface area contributed by atoms with E-state index in [1.165, 1.54) is 44.6 Å². The van der Waals surface area contributed by atoms with Crippen molar-refractivity contribution in [1.82, 2.24) is 10.2 Å². The van der Waals surface area contributed by atoms with E-state index in [1.54, 1.807) is 12.1 Å². The van der Waals surface area contributed by atoms with E-state index in [0.717, 1.165) is 16.7 Å². The summed E-state index contributed by atoms with van der Waals surface area (Å²) in [5.41, 5.74) is 1.66. The quantitative estimate of drug-likeness (QED) is 0.684. The number of ether oxygens (including phenoxy) is 1. The summed E-state index contributed by atoms with van der Waals surface area (Å²) >= 11 is 0.950. The van der Waals surface area contributed by atoms with Crippen molar-refractivity contribution in [3.8, 4) is 0 Å². The van der Waals surface area contributed by atoms with Gasteiger partial charge in [0.2, 0.25) is 5.91 Å². The first-order valence-electron chi connectivity index (χ1n) is 10.0. The Bertz CT molecular complexity index is 758. The summed E-state index contributed by atoms with van der Waals surface area (Å²) in [6.45, 7) is 1.72. The molecule has 2 aliphatic rings. The van der Waals surface area contributed by atoms with Gasteiger partial charge in [-0.05, 0) is 43.4 Å². The molecule has 29 heavy (non-hydrogen) atoms. The molecule has 1 N–H and O–H groups in total. The number of carbonyl (C=O) groups excluding carboxylic acids is 4. The number of hydrogen-bond acceptors (Lipinski definition) is 6. The second-order valence-electron chi connectivity index (χ2n) is 7.40. The van der Waals surface area contributed by atoms with Crippen LogP contribution < -0.4 is 5.32 Å². The maximum atomic E-state index is 12.3. The Labute approximate surface area is 174 Å². The molecular weight excluding hydrogens is 392 g/mol. The molecule has 1 heterocycles. The third-order valence-corrected chi connectivity index (χ3v) is 6.21. The van der Waals surface area contributed by atoms with E-state index in [2.05, 4.69) is 5.32 Å². The molecule has 0 aromatic heterocycles. The summed E-state index contributed by atoms with van der Waals surface area (Å²) in [6, 6.07) is 7.44. The number of hydrogen-bond donors (Lipinski definition) is 1. The fraction of sp³-hybridized carbons (Fsp3) is 0.524. The standard InChI is InChI=1S/C21H26N2O5S/c1-14(19(25)22-11-12-23-18(24)13-29-21(23)27)28-20(26)17-9-7-16(8-10-17)15-5-3-2-4-6-15/h7-10,14-15H,2-6,11-13H2,1H3,(H,22,25)/t14-/m1/s1. The molecule has 1 atom stereocenters. The highest BCUT2D eigenvalue weighted by atomic mass is 32.2. The summed E-state index contributed by atoms with van der Waals surface area (Å²) in [4.78, 5) is 48.6. The van der Waals surface area contributed by atoms with Gasteiger partial charge in [-0.3, -0.25) is 19.3 Å². The largest absolute Gasteiger partial charge is 0.449 e. The highest BCUT2D eigenvalue weighted by Gasteiger charge is 2.29. The molecule has 1 aromatic rings. The lowest BCUT2D eigenvalue weighted by Gasteiger charge is -2.22. The fourth-order valence-electron chi connectivity index (χ4n) is 3.64. The zero-order valence-electron chi connectivity index (χ0n) is 16.5. The van der Waals surface area contributed by atoms with Crippen molar-refractivity contribution in [3.05, 3.63) is 35.4 Å². The molecule has 1 saturated carbocycles. The summed E-state index contributed by atoms with van der Waals surface area (Å²) < 4.78 is 5.25. The summed E-state index contributed by atoms with van der Waals surface area (Å²) in [5, 5.41) is 2.28. The molecule has 1 aromatic carbocycles. The Kier molecular flexibility index (Phi) is 7.30. The molecule has 0 radical (unpaired) electrons.